The summed E-state index contributed by atoms with van der Waals surface area (Å²) >= 11 is 0. The quantitative estimate of drug-likeness (QED) is 0.495. The first kappa shape index (κ1) is 19.6. The second kappa shape index (κ2) is 8.03. The van der Waals surface area contributed by atoms with Crippen molar-refractivity contribution in [3.8, 4) is 0 Å². The molecule has 1 aliphatic rings. The molecule has 0 bridgehead atoms. The van der Waals surface area contributed by atoms with E-state index in [0.717, 1.165) is 54.4 Å². The molecule has 0 atom stereocenters. The molecule has 4 aromatic rings. The zero-order chi connectivity index (χ0) is 21.4. The SMILES string of the molecule is COCCn1cnc2cc(N3CCN(c4nc5ccccc5n4C)CC3)ccc2c1=O. The highest BCUT2D eigenvalue weighted by Gasteiger charge is 2.22. The highest BCUT2D eigenvalue weighted by atomic mass is 16.5. The van der Waals surface area contributed by atoms with Crippen molar-refractivity contribution >= 4 is 33.6 Å². The minimum Gasteiger partial charge on any atom is -0.383 e. The molecule has 0 saturated carbocycles. The Labute approximate surface area is 180 Å². The van der Waals surface area contributed by atoms with Gasteiger partial charge in [0.1, 0.15) is 0 Å². The summed E-state index contributed by atoms with van der Waals surface area (Å²) in [5, 5.41) is 0.640. The van der Waals surface area contributed by atoms with Gasteiger partial charge in [-0.05, 0) is 30.3 Å². The van der Waals surface area contributed by atoms with Gasteiger partial charge in [-0.3, -0.25) is 9.36 Å². The van der Waals surface area contributed by atoms with Crippen LogP contribution >= 0.6 is 0 Å². The highest BCUT2D eigenvalue weighted by molar-refractivity contribution is 5.82. The van der Waals surface area contributed by atoms with Gasteiger partial charge in [0.25, 0.3) is 5.56 Å². The first-order valence-electron chi connectivity index (χ1n) is 10.6. The van der Waals surface area contributed by atoms with Gasteiger partial charge in [-0.1, -0.05) is 12.1 Å². The summed E-state index contributed by atoms with van der Waals surface area (Å²) in [6.45, 7) is 4.55. The van der Waals surface area contributed by atoms with E-state index in [1.54, 1.807) is 18.0 Å². The summed E-state index contributed by atoms with van der Waals surface area (Å²) in [7, 11) is 3.70. The summed E-state index contributed by atoms with van der Waals surface area (Å²) in [5.74, 6) is 1.01. The Balaban J connectivity index is 1.34. The molecule has 0 spiro atoms. The topological polar surface area (TPSA) is 68.4 Å². The average Bonchev–Trinajstić information content (AvgIpc) is 3.15. The minimum atomic E-state index is -0.0275. The Bertz CT molecular complexity index is 1290. The van der Waals surface area contributed by atoms with Crippen LogP contribution in [0.5, 0.6) is 0 Å². The van der Waals surface area contributed by atoms with Crippen molar-refractivity contribution in [3.63, 3.8) is 0 Å². The monoisotopic (exact) mass is 418 g/mol. The number of ether oxygens (including phenoxy) is 1. The number of nitrogens with zero attached hydrogens (tertiary/aromatic N) is 6. The number of methoxy groups -OCH3 is 1. The largest absolute Gasteiger partial charge is 0.383 e. The lowest BCUT2D eigenvalue weighted by atomic mass is 10.2. The maximum absolute atomic E-state index is 12.7. The van der Waals surface area contributed by atoms with Gasteiger partial charge < -0.3 is 19.1 Å². The number of hydrogen-bond donors (Lipinski definition) is 0. The van der Waals surface area contributed by atoms with Crippen molar-refractivity contribution in [2.75, 3.05) is 49.7 Å². The molecule has 1 aliphatic heterocycles. The van der Waals surface area contributed by atoms with Crippen molar-refractivity contribution in [2.24, 2.45) is 7.05 Å². The van der Waals surface area contributed by atoms with E-state index in [4.69, 9.17) is 9.72 Å². The molecule has 0 N–H and O–H groups in total. The predicted molar refractivity (Wildman–Crippen MR) is 123 cm³/mol. The summed E-state index contributed by atoms with van der Waals surface area (Å²) in [6, 6.07) is 14.2. The molecule has 1 saturated heterocycles. The number of fused-ring (bicyclic) bond motifs is 2. The minimum absolute atomic E-state index is 0.0275. The Morgan fingerprint density at radius 1 is 1.00 bits per heavy atom. The molecule has 2 aromatic carbocycles. The van der Waals surface area contributed by atoms with Crippen LogP contribution < -0.4 is 15.4 Å². The normalized spacial score (nSPS) is 14.6. The molecule has 0 unspecified atom stereocenters. The smallest absolute Gasteiger partial charge is 0.261 e. The first-order chi connectivity index (χ1) is 15.2. The van der Waals surface area contributed by atoms with E-state index in [2.05, 4.69) is 38.5 Å². The van der Waals surface area contributed by atoms with Crippen LogP contribution in [0.25, 0.3) is 21.9 Å². The number of imidazole rings is 1. The maximum atomic E-state index is 12.7. The number of rotatable bonds is 5. The lowest BCUT2D eigenvalue weighted by Gasteiger charge is -2.36. The second-order valence-corrected chi connectivity index (χ2v) is 7.87. The van der Waals surface area contributed by atoms with Crippen LogP contribution in [0.4, 0.5) is 11.6 Å². The molecule has 1 fully saturated rings. The number of piperazine rings is 1. The van der Waals surface area contributed by atoms with E-state index in [9.17, 15) is 4.79 Å². The maximum Gasteiger partial charge on any atom is 0.261 e. The average molecular weight is 419 g/mol. The third kappa shape index (κ3) is 3.53. The van der Waals surface area contributed by atoms with Gasteiger partial charge >= 0.3 is 0 Å². The van der Waals surface area contributed by atoms with Crippen molar-refractivity contribution in [1.29, 1.82) is 0 Å². The molecule has 5 rings (SSSR count). The van der Waals surface area contributed by atoms with Crippen LogP contribution in [-0.4, -0.2) is 59.0 Å². The van der Waals surface area contributed by atoms with E-state index < -0.39 is 0 Å². The number of anilines is 2. The van der Waals surface area contributed by atoms with Gasteiger partial charge in [0.15, 0.2) is 0 Å². The molecule has 8 nitrogen and oxygen atoms in total. The zero-order valence-corrected chi connectivity index (χ0v) is 17.9. The molecule has 8 heteroatoms. The first-order valence-corrected chi connectivity index (χ1v) is 10.6. The Kier molecular flexibility index (Phi) is 5.07. The van der Waals surface area contributed by atoms with E-state index >= 15 is 0 Å². The number of aryl methyl sites for hydroxylation is 1. The van der Waals surface area contributed by atoms with Crippen LogP contribution in [0.1, 0.15) is 0 Å². The van der Waals surface area contributed by atoms with Crippen LogP contribution in [0.3, 0.4) is 0 Å². The van der Waals surface area contributed by atoms with Gasteiger partial charge in [0.05, 0.1) is 41.4 Å². The van der Waals surface area contributed by atoms with Gasteiger partial charge in [-0.2, -0.15) is 0 Å². The fourth-order valence-electron chi connectivity index (χ4n) is 4.27. The summed E-state index contributed by atoms with van der Waals surface area (Å²) in [4.78, 5) is 26.7. The number of aromatic nitrogens is 4. The standard InChI is InChI=1S/C23H26N6O2/c1-26-21-6-4-3-5-19(21)25-23(26)28-11-9-27(10-12-28)17-7-8-18-20(15-17)24-16-29(22(18)30)13-14-31-2/h3-8,15-16H,9-14H2,1-2H3. The van der Waals surface area contributed by atoms with E-state index in [-0.39, 0.29) is 5.56 Å². The molecule has 0 aliphatic carbocycles. The summed E-state index contributed by atoms with van der Waals surface area (Å²) < 4.78 is 8.84. The van der Waals surface area contributed by atoms with Crippen LogP contribution in [-0.2, 0) is 18.3 Å². The van der Waals surface area contributed by atoms with Crippen molar-refractivity contribution in [1.82, 2.24) is 19.1 Å². The highest BCUT2D eigenvalue weighted by Crippen LogP contribution is 2.25. The molecule has 31 heavy (non-hydrogen) atoms. The fourth-order valence-corrected chi connectivity index (χ4v) is 4.27. The molecule has 160 valence electrons. The van der Waals surface area contributed by atoms with Crippen LogP contribution in [0.15, 0.2) is 53.6 Å². The molecule has 3 heterocycles. The molecule has 0 radical (unpaired) electrons. The van der Waals surface area contributed by atoms with Crippen LogP contribution in [0, 0.1) is 0 Å². The molecule has 2 aromatic heterocycles. The molecular weight excluding hydrogens is 392 g/mol. The third-order valence-corrected chi connectivity index (χ3v) is 6.04. The second-order valence-electron chi connectivity index (χ2n) is 7.87. The summed E-state index contributed by atoms with van der Waals surface area (Å²) in [5.41, 5.74) is 3.98. The lowest BCUT2D eigenvalue weighted by molar-refractivity contribution is 0.186. The van der Waals surface area contributed by atoms with Crippen LogP contribution in [0.2, 0.25) is 0 Å². The van der Waals surface area contributed by atoms with Gasteiger partial charge in [0.2, 0.25) is 5.95 Å². The van der Waals surface area contributed by atoms with E-state index in [1.165, 1.54) is 0 Å². The predicted octanol–water partition coefficient (Wildman–Crippen LogP) is 2.26. The number of para-hydroxylation sites is 2. The third-order valence-electron chi connectivity index (χ3n) is 6.04. The van der Waals surface area contributed by atoms with Crippen molar-refractivity contribution < 1.29 is 4.74 Å². The Morgan fingerprint density at radius 3 is 2.55 bits per heavy atom. The van der Waals surface area contributed by atoms with E-state index in [0.29, 0.717) is 18.5 Å². The Hall–Kier alpha value is -3.39. The zero-order valence-electron chi connectivity index (χ0n) is 17.9. The summed E-state index contributed by atoms with van der Waals surface area (Å²) in [6.07, 6.45) is 1.61. The number of hydrogen-bond acceptors (Lipinski definition) is 6. The Morgan fingerprint density at radius 2 is 1.77 bits per heavy atom. The number of benzene rings is 2. The van der Waals surface area contributed by atoms with Gasteiger partial charge in [0, 0.05) is 46.0 Å². The van der Waals surface area contributed by atoms with Gasteiger partial charge in [-0.25, -0.2) is 9.97 Å². The fraction of sp³-hybridized carbons (Fsp3) is 0.348. The molecule has 0 amide bonds. The van der Waals surface area contributed by atoms with Gasteiger partial charge in [-0.15, -0.1) is 0 Å². The molecular formula is C23H26N6O2. The van der Waals surface area contributed by atoms with Crippen molar-refractivity contribution in [3.05, 3.63) is 59.1 Å². The lowest BCUT2D eigenvalue weighted by Crippen LogP contribution is -2.47. The van der Waals surface area contributed by atoms with E-state index in [1.807, 2.05) is 30.3 Å². The van der Waals surface area contributed by atoms with Crippen molar-refractivity contribution in [2.45, 2.75) is 6.54 Å².